The number of likely N-dealkylation sites (N-methyl/N-ethyl adjacent to an activating group) is 1. The third kappa shape index (κ3) is 4.28. The summed E-state index contributed by atoms with van der Waals surface area (Å²) in [4.78, 5) is 19.3. The molecule has 1 amide bonds. The van der Waals surface area contributed by atoms with Gasteiger partial charge in [-0.15, -0.1) is 0 Å². The van der Waals surface area contributed by atoms with Crippen molar-refractivity contribution in [2.75, 3.05) is 51.2 Å². The lowest BCUT2D eigenvalue weighted by Gasteiger charge is -2.36. The van der Waals surface area contributed by atoms with Crippen molar-refractivity contribution in [3.05, 3.63) is 30.3 Å². The fourth-order valence-electron chi connectivity index (χ4n) is 3.82. The first-order valence-electron chi connectivity index (χ1n) is 9.16. The maximum atomic E-state index is 12.4. The number of hydrogen-bond donors (Lipinski definition) is 1. The second-order valence-corrected chi connectivity index (χ2v) is 7.19. The van der Waals surface area contributed by atoms with Gasteiger partial charge in [0.1, 0.15) is 0 Å². The lowest BCUT2D eigenvalue weighted by atomic mass is 10.1. The normalized spacial score (nSPS) is 25.0. The molecule has 1 aromatic rings. The van der Waals surface area contributed by atoms with Crippen molar-refractivity contribution in [3.63, 3.8) is 0 Å². The minimum absolute atomic E-state index is 0.153. The Bertz CT molecular complexity index is 527. The maximum absolute atomic E-state index is 12.4. The minimum Gasteiger partial charge on any atom is -0.369 e. The quantitative estimate of drug-likeness (QED) is 0.886. The van der Waals surface area contributed by atoms with E-state index >= 15 is 0 Å². The van der Waals surface area contributed by atoms with Crippen LogP contribution in [0, 0.1) is 5.92 Å². The van der Waals surface area contributed by atoms with Gasteiger partial charge in [0.15, 0.2) is 0 Å². The van der Waals surface area contributed by atoms with Crippen LogP contribution in [-0.4, -0.2) is 68.1 Å². The molecule has 5 heteroatoms. The van der Waals surface area contributed by atoms with Crippen molar-refractivity contribution >= 4 is 11.6 Å². The summed E-state index contributed by atoms with van der Waals surface area (Å²) in [5, 5.41) is 0. The molecule has 1 aromatic carbocycles. The van der Waals surface area contributed by atoms with Crippen LogP contribution in [0.5, 0.6) is 0 Å². The van der Waals surface area contributed by atoms with Crippen molar-refractivity contribution in [1.29, 1.82) is 0 Å². The zero-order valence-corrected chi connectivity index (χ0v) is 14.7. The molecule has 1 heterocycles. The van der Waals surface area contributed by atoms with Gasteiger partial charge in [-0.25, -0.2) is 0 Å². The molecule has 3 rings (SSSR count). The zero-order valence-electron chi connectivity index (χ0n) is 14.7. The Hall–Kier alpha value is -1.59. The number of benzene rings is 1. The molecule has 0 radical (unpaired) electrons. The monoisotopic (exact) mass is 330 g/mol. The molecule has 132 valence electrons. The van der Waals surface area contributed by atoms with E-state index < -0.39 is 0 Å². The van der Waals surface area contributed by atoms with Gasteiger partial charge < -0.3 is 15.5 Å². The van der Waals surface area contributed by atoms with Gasteiger partial charge in [-0.1, -0.05) is 18.2 Å². The van der Waals surface area contributed by atoms with Crippen LogP contribution >= 0.6 is 0 Å². The predicted molar refractivity (Wildman–Crippen MR) is 98.0 cm³/mol. The van der Waals surface area contributed by atoms with E-state index in [4.69, 9.17) is 5.73 Å². The van der Waals surface area contributed by atoms with Crippen LogP contribution in [0.1, 0.15) is 19.3 Å². The van der Waals surface area contributed by atoms with E-state index in [1.807, 2.05) is 11.9 Å². The Balaban J connectivity index is 1.39. The third-order valence-corrected chi connectivity index (χ3v) is 5.44. The summed E-state index contributed by atoms with van der Waals surface area (Å²) in [7, 11) is 1.94. The molecular weight excluding hydrogens is 300 g/mol. The number of rotatable bonds is 5. The zero-order chi connectivity index (χ0) is 16.9. The second kappa shape index (κ2) is 7.99. The number of piperazine rings is 1. The highest BCUT2D eigenvalue weighted by molar-refractivity contribution is 5.79. The average Bonchev–Trinajstić information content (AvgIpc) is 3.06. The van der Waals surface area contributed by atoms with Gasteiger partial charge in [0.25, 0.3) is 0 Å². The maximum Gasteiger partial charge on any atom is 0.225 e. The third-order valence-electron chi connectivity index (χ3n) is 5.44. The number of amides is 1. The number of para-hydroxylation sites is 1. The summed E-state index contributed by atoms with van der Waals surface area (Å²) >= 11 is 0. The van der Waals surface area contributed by atoms with E-state index in [1.54, 1.807) is 0 Å². The van der Waals surface area contributed by atoms with Gasteiger partial charge in [-0.05, 0) is 31.4 Å². The molecule has 1 aliphatic carbocycles. The molecule has 1 saturated carbocycles. The topological polar surface area (TPSA) is 52.8 Å². The lowest BCUT2D eigenvalue weighted by molar-refractivity contribution is -0.134. The summed E-state index contributed by atoms with van der Waals surface area (Å²) in [5.74, 6) is 0.436. The first-order chi connectivity index (χ1) is 11.6. The van der Waals surface area contributed by atoms with E-state index in [9.17, 15) is 4.79 Å². The fraction of sp³-hybridized carbons (Fsp3) is 0.632. The number of hydrogen-bond acceptors (Lipinski definition) is 4. The molecule has 24 heavy (non-hydrogen) atoms. The van der Waals surface area contributed by atoms with E-state index in [1.165, 1.54) is 5.69 Å². The fourth-order valence-corrected chi connectivity index (χ4v) is 3.82. The van der Waals surface area contributed by atoms with Crippen LogP contribution in [0.2, 0.25) is 0 Å². The van der Waals surface area contributed by atoms with Crippen LogP contribution < -0.4 is 10.6 Å². The molecule has 2 N–H and O–H groups in total. The highest BCUT2D eigenvalue weighted by atomic mass is 16.2. The Morgan fingerprint density at radius 1 is 1.17 bits per heavy atom. The SMILES string of the molecule is CN(CCN1CCN(c2ccccc2)CC1)C(=O)C1CCC(N)C1. The molecule has 1 aliphatic heterocycles. The molecule has 0 aromatic heterocycles. The molecule has 2 unspecified atom stereocenters. The number of nitrogens with zero attached hydrogens (tertiary/aromatic N) is 3. The largest absolute Gasteiger partial charge is 0.369 e. The van der Waals surface area contributed by atoms with Gasteiger partial charge in [0.2, 0.25) is 5.91 Å². The average molecular weight is 330 g/mol. The lowest BCUT2D eigenvalue weighted by Crippen LogP contribution is -2.49. The van der Waals surface area contributed by atoms with Crippen molar-refractivity contribution < 1.29 is 4.79 Å². The summed E-state index contributed by atoms with van der Waals surface area (Å²) in [5.41, 5.74) is 7.24. The highest BCUT2D eigenvalue weighted by Crippen LogP contribution is 2.25. The standard InChI is InChI=1S/C19H30N4O/c1-21(19(24)16-7-8-17(20)15-16)9-10-22-11-13-23(14-12-22)18-5-3-2-4-6-18/h2-6,16-17H,7-15,20H2,1H3. The molecule has 1 saturated heterocycles. The predicted octanol–water partition coefficient (Wildman–Crippen LogP) is 1.39. The first-order valence-corrected chi connectivity index (χ1v) is 9.16. The Morgan fingerprint density at radius 2 is 1.88 bits per heavy atom. The Morgan fingerprint density at radius 3 is 2.50 bits per heavy atom. The van der Waals surface area contributed by atoms with E-state index in [0.29, 0.717) is 0 Å². The Labute approximate surface area is 145 Å². The highest BCUT2D eigenvalue weighted by Gasteiger charge is 2.29. The van der Waals surface area contributed by atoms with Gasteiger partial charge in [-0.3, -0.25) is 9.69 Å². The molecule has 0 spiro atoms. The smallest absolute Gasteiger partial charge is 0.225 e. The van der Waals surface area contributed by atoms with Gasteiger partial charge in [0, 0.05) is 64.0 Å². The van der Waals surface area contributed by atoms with Crippen LogP contribution in [0.3, 0.4) is 0 Å². The molecule has 0 bridgehead atoms. The molecular formula is C19H30N4O. The van der Waals surface area contributed by atoms with Crippen molar-refractivity contribution in [1.82, 2.24) is 9.80 Å². The van der Waals surface area contributed by atoms with E-state index in [2.05, 4.69) is 40.1 Å². The van der Waals surface area contributed by atoms with E-state index in [-0.39, 0.29) is 17.9 Å². The van der Waals surface area contributed by atoms with Crippen molar-refractivity contribution in [2.24, 2.45) is 11.7 Å². The number of nitrogens with two attached hydrogens (primary N) is 1. The molecule has 2 atom stereocenters. The van der Waals surface area contributed by atoms with Crippen molar-refractivity contribution in [3.8, 4) is 0 Å². The van der Waals surface area contributed by atoms with Crippen molar-refractivity contribution in [2.45, 2.75) is 25.3 Å². The second-order valence-electron chi connectivity index (χ2n) is 7.19. The van der Waals surface area contributed by atoms with Gasteiger partial charge in [0.05, 0.1) is 0 Å². The first kappa shape index (κ1) is 17.2. The molecule has 2 aliphatic rings. The van der Waals surface area contributed by atoms with Crippen LogP contribution in [0.15, 0.2) is 30.3 Å². The summed E-state index contributed by atoms with van der Waals surface area (Å²) in [6.45, 7) is 6.01. The summed E-state index contributed by atoms with van der Waals surface area (Å²) < 4.78 is 0. The van der Waals surface area contributed by atoms with E-state index in [0.717, 1.165) is 58.5 Å². The number of carbonyl (C=O) groups is 1. The minimum atomic E-state index is 0.153. The number of anilines is 1. The molecule has 2 fully saturated rings. The van der Waals surface area contributed by atoms with Gasteiger partial charge >= 0.3 is 0 Å². The molecule has 5 nitrogen and oxygen atoms in total. The van der Waals surface area contributed by atoms with Crippen LogP contribution in [-0.2, 0) is 4.79 Å². The van der Waals surface area contributed by atoms with Crippen LogP contribution in [0.25, 0.3) is 0 Å². The Kier molecular flexibility index (Phi) is 5.74. The van der Waals surface area contributed by atoms with Crippen LogP contribution in [0.4, 0.5) is 5.69 Å². The number of carbonyl (C=O) groups excluding carboxylic acids is 1. The van der Waals surface area contributed by atoms with Gasteiger partial charge in [-0.2, -0.15) is 0 Å². The summed E-state index contributed by atoms with van der Waals surface area (Å²) in [6, 6.07) is 10.8. The summed E-state index contributed by atoms with van der Waals surface area (Å²) in [6.07, 6.45) is 2.81.